The van der Waals surface area contributed by atoms with Crippen LogP contribution in [-0.2, 0) is 0 Å². The first-order chi connectivity index (χ1) is 8.90. The van der Waals surface area contributed by atoms with Crippen LogP contribution >= 0.6 is 27.5 Å². The molecule has 0 unspecified atom stereocenters. The van der Waals surface area contributed by atoms with E-state index in [1.807, 2.05) is 13.0 Å². The van der Waals surface area contributed by atoms with Gasteiger partial charge in [-0.1, -0.05) is 27.5 Å². The second kappa shape index (κ2) is 5.43. The molecule has 0 saturated heterocycles. The van der Waals surface area contributed by atoms with Crippen LogP contribution < -0.4 is 0 Å². The summed E-state index contributed by atoms with van der Waals surface area (Å²) in [6.45, 7) is 3.51. The quantitative estimate of drug-likeness (QED) is 0.695. The summed E-state index contributed by atoms with van der Waals surface area (Å²) < 4.78 is 14.3. The van der Waals surface area contributed by atoms with Gasteiger partial charge >= 0.3 is 0 Å². The SMILES string of the molecule is Cc1cc(C(=O)c2ccc(Br)c(C)c2)c(Cl)cc1F. The van der Waals surface area contributed by atoms with Crippen LogP contribution in [0.2, 0.25) is 5.02 Å². The van der Waals surface area contributed by atoms with Crippen LogP contribution in [0.5, 0.6) is 0 Å². The van der Waals surface area contributed by atoms with E-state index >= 15 is 0 Å². The van der Waals surface area contributed by atoms with Crippen LogP contribution in [0.3, 0.4) is 0 Å². The zero-order valence-electron chi connectivity index (χ0n) is 10.4. The van der Waals surface area contributed by atoms with Crippen LogP contribution in [0, 0.1) is 19.7 Å². The van der Waals surface area contributed by atoms with E-state index in [1.54, 1.807) is 19.1 Å². The monoisotopic (exact) mass is 340 g/mol. The normalized spacial score (nSPS) is 10.6. The first kappa shape index (κ1) is 14.2. The van der Waals surface area contributed by atoms with Crippen molar-refractivity contribution in [2.45, 2.75) is 13.8 Å². The van der Waals surface area contributed by atoms with Gasteiger partial charge in [-0.3, -0.25) is 4.79 Å². The molecule has 0 saturated carbocycles. The number of carbonyl (C=O) groups excluding carboxylic acids is 1. The van der Waals surface area contributed by atoms with E-state index in [0.29, 0.717) is 16.7 Å². The molecular weight excluding hydrogens is 331 g/mol. The summed E-state index contributed by atoms with van der Waals surface area (Å²) >= 11 is 9.33. The molecule has 0 fully saturated rings. The Labute approximate surface area is 124 Å². The molecule has 0 aliphatic heterocycles. The average Bonchev–Trinajstić information content (AvgIpc) is 2.36. The van der Waals surface area contributed by atoms with Gasteiger partial charge in [-0.2, -0.15) is 0 Å². The van der Waals surface area contributed by atoms with Gasteiger partial charge in [-0.05, 0) is 55.3 Å². The minimum absolute atomic E-state index is 0.133. The third-order valence-corrected chi connectivity index (χ3v) is 4.12. The van der Waals surface area contributed by atoms with Gasteiger partial charge in [0.05, 0.1) is 5.02 Å². The molecule has 2 aromatic rings. The van der Waals surface area contributed by atoms with Crippen LogP contribution in [0.15, 0.2) is 34.8 Å². The molecule has 0 spiro atoms. The van der Waals surface area contributed by atoms with Gasteiger partial charge < -0.3 is 0 Å². The third-order valence-electron chi connectivity index (χ3n) is 2.91. The molecule has 0 bridgehead atoms. The molecule has 1 nitrogen and oxygen atoms in total. The fourth-order valence-corrected chi connectivity index (χ4v) is 2.26. The Balaban J connectivity index is 2.49. The van der Waals surface area contributed by atoms with Crippen molar-refractivity contribution in [3.05, 3.63) is 67.9 Å². The molecular formula is C15H11BrClFO. The number of ketones is 1. The maximum Gasteiger partial charge on any atom is 0.194 e. The van der Waals surface area contributed by atoms with Gasteiger partial charge in [0, 0.05) is 15.6 Å². The standard InChI is InChI=1S/C15H11BrClFO/c1-8-5-10(3-4-12(8)16)15(19)11-6-9(2)14(18)7-13(11)17/h3-7H,1-2H3. The van der Waals surface area contributed by atoms with E-state index in [2.05, 4.69) is 15.9 Å². The molecule has 0 aromatic heterocycles. The van der Waals surface area contributed by atoms with E-state index < -0.39 is 5.82 Å². The molecule has 0 radical (unpaired) electrons. The van der Waals surface area contributed by atoms with Crippen LogP contribution in [-0.4, -0.2) is 5.78 Å². The summed E-state index contributed by atoms with van der Waals surface area (Å²) in [6, 6.07) is 7.97. The lowest BCUT2D eigenvalue weighted by molar-refractivity contribution is 0.103. The van der Waals surface area contributed by atoms with E-state index in [9.17, 15) is 9.18 Å². The number of halogens is 3. The van der Waals surface area contributed by atoms with Gasteiger partial charge in [0.1, 0.15) is 5.82 Å². The smallest absolute Gasteiger partial charge is 0.194 e. The van der Waals surface area contributed by atoms with Gasteiger partial charge in [-0.25, -0.2) is 4.39 Å². The predicted molar refractivity (Wildman–Crippen MR) is 78.5 cm³/mol. The van der Waals surface area contributed by atoms with Gasteiger partial charge in [0.15, 0.2) is 5.78 Å². The summed E-state index contributed by atoms with van der Waals surface area (Å²) in [5, 5.41) is 0.133. The van der Waals surface area contributed by atoms with Crippen molar-refractivity contribution in [2.75, 3.05) is 0 Å². The number of rotatable bonds is 2. The first-order valence-corrected chi connectivity index (χ1v) is 6.83. The Morgan fingerprint density at radius 1 is 1.16 bits per heavy atom. The van der Waals surface area contributed by atoms with Crippen LogP contribution in [0.1, 0.15) is 27.0 Å². The molecule has 2 rings (SSSR count). The Morgan fingerprint density at radius 2 is 1.84 bits per heavy atom. The number of carbonyl (C=O) groups is 1. The summed E-state index contributed by atoms with van der Waals surface area (Å²) in [5.41, 5.74) is 2.22. The zero-order chi connectivity index (χ0) is 14.2. The molecule has 0 atom stereocenters. The van der Waals surface area contributed by atoms with E-state index in [0.717, 1.165) is 10.0 Å². The number of benzene rings is 2. The summed E-state index contributed by atoms with van der Waals surface area (Å²) in [7, 11) is 0. The lowest BCUT2D eigenvalue weighted by Gasteiger charge is -2.07. The minimum atomic E-state index is -0.409. The molecule has 98 valence electrons. The largest absolute Gasteiger partial charge is 0.289 e. The van der Waals surface area contributed by atoms with E-state index in [4.69, 9.17) is 11.6 Å². The molecule has 0 amide bonds. The number of aryl methyl sites for hydroxylation is 2. The molecule has 0 aliphatic carbocycles. The summed E-state index contributed by atoms with van der Waals surface area (Å²) in [5.74, 6) is -0.614. The lowest BCUT2D eigenvalue weighted by atomic mass is 10.00. The third kappa shape index (κ3) is 2.88. The van der Waals surface area contributed by atoms with E-state index in [-0.39, 0.29) is 10.8 Å². The van der Waals surface area contributed by atoms with Gasteiger partial charge in [0.25, 0.3) is 0 Å². The van der Waals surface area contributed by atoms with Gasteiger partial charge in [0.2, 0.25) is 0 Å². The molecule has 4 heteroatoms. The molecule has 2 aromatic carbocycles. The average molecular weight is 342 g/mol. The van der Waals surface area contributed by atoms with Crippen molar-refractivity contribution in [3.8, 4) is 0 Å². The summed E-state index contributed by atoms with van der Waals surface area (Å²) in [4.78, 5) is 12.4. The van der Waals surface area contributed by atoms with Crippen molar-refractivity contribution in [2.24, 2.45) is 0 Å². The highest BCUT2D eigenvalue weighted by molar-refractivity contribution is 9.10. The topological polar surface area (TPSA) is 17.1 Å². The Kier molecular flexibility index (Phi) is 4.07. The number of hydrogen-bond acceptors (Lipinski definition) is 1. The minimum Gasteiger partial charge on any atom is -0.289 e. The fraction of sp³-hybridized carbons (Fsp3) is 0.133. The highest BCUT2D eigenvalue weighted by atomic mass is 79.9. The lowest BCUT2D eigenvalue weighted by Crippen LogP contribution is -2.04. The Morgan fingerprint density at radius 3 is 2.47 bits per heavy atom. The molecule has 0 aliphatic rings. The Hall–Kier alpha value is -1.19. The highest BCUT2D eigenvalue weighted by Gasteiger charge is 2.15. The van der Waals surface area contributed by atoms with E-state index in [1.165, 1.54) is 12.1 Å². The molecule has 0 N–H and O–H groups in total. The predicted octanol–water partition coefficient (Wildman–Crippen LogP) is 5.09. The fourth-order valence-electron chi connectivity index (χ4n) is 1.77. The van der Waals surface area contributed by atoms with Crippen LogP contribution in [0.25, 0.3) is 0 Å². The second-order valence-corrected chi connectivity index (χ2v) is 5.64. The second-order valence-electron chi connectivity index (χ2n) is 4.37. The highest BCUT2D eigenvalue weighted by Crippen LogP contribution is 2.25. The first-order valence-electron chi connectivity index (χ1n) is 5.66. The molecule has 0 heterocycles. The maximum absolute atomic E-state index is 13.3. The zero-order valence-corrected chi connectivity index (χ0v) is 12.8. The van der Waals surface area contributed by atoms with Gasteiger partial charge in [-0.15, -0.1) is 0 Å². The van der Waals surface area contributed by atoms with Crippen molar-refractivity contribution in [1.29, 1.82) is 0 Å². The maximum atomic E-state index is 13.3. The molecule has 19 heavy (non-hydrogen) atoms. The van der Waals surface area contributed by atoms with Crippen molar-refractivity contribution in [1.82, 2.24) is 0 Å². The Bertz CT molecular complexity index is 667. The van der Waals surface area contributed by atoms with Crippen molar-refractivity contribution in [3.63, 3.8) is 0 Å². The van der Waals surface area contributed by atoms with Crippen molar-refractivity contribution >= 4 is 33.3 Å². The van der Waals surface area contributed by atoms with Crippen molar-refractivity contribution < 1.29 is 9.18 Å². The number of hydrogen-bond donors (Lipinski definition) is 0. The summed E-state index contributed by atoms with van der Waals surface area (Å²) in [6.07, 6.45) is 0. The van der Waals surface area contributed by atoms with Crippen LogP contribution in [0.4, 0.5) is 4.39 Å².